The van der Waals surface area contributed by atoms with Gasteiger partial charge in [0.15, 0.2) is 0 Å². The van der Waals surface area contributed by atoms with Gasteiger partial charge in [-0.05, 0) is 36.9 Å². The maximum Gasteiger partial charge on any atom is 0.129 e. The van der Waals surface area contributed by atoms with Crippen LogP contribution in [0.5, 0.6) is 0 Å². The first kappa shape index (κ1) is 14.4. The molecule has 1 aliphatic heterocycles. The highest BCUT2D eigenvalue weighted by molar-refractivity contribution is 5.23. The minimum Gasteiger partial charge on any atom is -0.330 e. The standard InChI is InChI=1S/C15H22F2N2/c1-11-3-2-6-19(9-11)10-12(8-18)14-5-4-13(16)7-15(14)17/h4-5,7,11-12H,2-3,6,8-10,18H2,1H3. The topological polar surface area (TPSA) is 29.3 Å². The Morgan fingerprint density at radius 1 is 1.42 bits per heavy atom. The summed E-state index contributed by atoms with van der Waals surface area (Å²) in [5, 5.41) is 0. The number of hydrogen-bond acceptors (Lipinski definition) is 2. The molecule has 19 heavy (non-hydrogen) atoms. The van der Waals surface area contributed by atoms with Gasteiger partial charge in [-0.15, -0.1) is 0 Å². The van der Waals surface area contributed by atoms with Crippen LogP contribution in [-0.2, 0) is 0 Å². The smallest absolute Gasteiger partial charge is 0.129 e. The summed E-state index contributed by atoms with van der Waals surface area (Å²) < 4.78 is 26.7. The Kier molecular flexibility index (Phi) is 4.88. The van der Waals surface area contributed by atoms with E-state index in [-0.39, 0.29) is 5.92 Å². The van der Waals surface area contributed by atoms with Crippen molar-refractivity contribution in [3.63, 3.8) is 0 Å². The molecule has 2 rings (SSSR count). The minimum atomic E-state index is -0.538. The first-order chi connectivity index (χ1) is 9.10. The third kappa shape index (κ3) is 3.74. The van der Waals surface area contributed by atoms with Crippen molar-refractivity contribution in [1.82, 2.24) is 4.90 Å². The van der Waals surface area contributed by atoms with E-state index in [0.29, 0.717) is 18.0 Å². The molecule has 2 nitrogen and oxygen atoms in total. The molecule has 0 aliphatic carbocycles. The van der Waals surface area contributed by atoms with Crippen molar-refractivity contribution in [3.05, 3.63) is 35.4 Å². The van der Waals surface area contributed by atoms with Gasteiger partial charge in [0.2, 0.25) is 0 Å². The van der Waals surface area contributed by atoms with Crippen molar-refractivity contribution in [2.45, 2.75) is 25.7 Å². The number of halogens is 2. The Morgan fingerprint density at radius 3 is 2.84 bits per heavy atom. The molecule has 0 aromatic heterocycles. The molecule has 1 aromatic rings. The van der Waals surface area contributed by atoms with E-state index in [4.69, 9.17) is 5.73 Å². The summed E-state index contributed by atoms with van der Waals surface area (Å²) in [5.74, 6) is -0.403. The van der Waals surface area contributed by atoms with E-state index in [1.165, 1.54) is 25.0 Å². The molecule has 1 saturated heterocycles. The Hall–Kier alpha value is -1.00. The van der Waals surface area contributed by atoms with Crippen molar-refractivity contribution in [2.24, 2.45) is 11.7 Å². The van der Waals surface area contributed by atoms with Gasteiger partial charge in [0.25, 0.3) is 0 Å². The van der Waals surface area contributed by atoms with Crippen LogP contribution in [-0.4, -0.2) is 31.1 Å². The number of nitrogens with zero attached hydrogens (tertiary/aromatic N) is 1. The van der Waals surface area contributed by atoms with Crippen LogP contribution in [0.15, 0.2) is 18.2 Å². The molecule has 2 N–H and O–H groups in total. The predicted octanol–water partition coefficient (Wildman–Crippen LogP) is 2.74. The summed E-state index contributed by atoms with van der Waals surface area (Å²) >= 11 is 0. The second kappa shape index (κ2) is 6.44. The van der Waals surface area contributed by atoms with Crippen molar-refractivity contribution >= 4 is 0 Å². The molecule has 0 radical (unpaired) electrons. The van der Waals surface area contributed by atoms with Gasteiger partial charge < -0.3 is 10.6 Å². The number of hydrogen-bond donors (Lipinski definition) is 1. The highest BCUT2D eigenvalue weighted by atomic mass is 19.1. The molecule has 0 amide bonds. The van der Waals surface area contributed by atoms with Crippen molar-refractivity contribution in [1.29, 1.82) is 0 Å². The highest BCUT2D eigenvalue weighted by Gasteiger charge is 2.22. The van der Waals surface area contributed by atoms with E-state index in [1.807, 2.05) is 0 Å². The molecule has 0 bridgehead atoms. The maximum absolute atomic E-state index is 13.8. The van der Waals surface area contributed by atoms with E-state index >= 15 is 0 Å². The Morgan fingerprint density at radius 2 is 2.21 bits per heavy atom. The van der Waals surface area contributed by atoms with Gasteiger partial charge in [0, 0.05) is 31.6 Å². The SMILES string of the molecule is CC1CCCN(CC(CN)c2ccc(F)cc2F)C1. The van der Waals surface area contributed by atoms with Crippen LogP contribution in [0, 0.1) is 17.6 Å². The molecule has 2 unspecified atom stereocenters. The lowest BCUT2D eigenvalue weighted by Gasteiger charge is -2.33. The van der Waals surface area contributed by atoms with Crippen LogP contribution >= 0.6 is 0 Å². The zero-order valence-electron chi connectivity index (χ0n) is 11.4. The third-order valence-electron chi connectivity index (χ3n) is 3.91. The number of benzene rings is 1. The van der Waals surface area contributed by atoms with Crippen molar-refractivity contribution in [3.8, 4) is 0 Å². The fourth-order valence-electron chi connectivity index (χ4n) is 2.90. The van der Waals surface area contributed by atoms with Gasteiger partial charge in [-0.1, -0.05) is 13.0 Å². The molecule has 0 saturated carbocycles. The average molecular weight is 268 g/mol. The quantitative estimate of drug-likeness (QED) is 0.909. The molecule has 4 heteroatoms. The first-order valence-electron chi connectivity index (χ1n) is 6.97. The van der Waals surface area contributed by atoms with Gasteiger partial charge in [-0.25, -0.2) is 8.78 Å². The number of rotatable bonds is 4. The fourth-order valence-corrected chi connectivity index (χ4v) is 2.90. The van der Waals surface area contributed by atoms with Crippen LogP contribution in [0.4, 0.5) is 8.78 Å². The van der Waals surface area contributed by atoms with E-state index in [0.717, 1.165) is 25.7 Å². The molecule has 0 spiro atoms. The summed E-state index contributed by atoms with van der Waals surface area (Å²) in [4.78, 5) is 2.34. The zero-order valence-corrected chi connectivity index (χ0v) is 11.4. The van der Waals surface area contributed by atoms with Crippen molar-refractivity contribution in [2.75, 3.05) is 26.2 Å². The molecule has 2 atom stereocenters. The minimum absolute atomic E-state index is 0.0640. The van der Waals surface area contributed by atoms with Crippen LogP contribution in [0.25, 0.3) is 0 Å². The lowest BCUT2D eigenvalue weighted by Crippen LogP contribution is -2.38. The number of likely N-dealkylation sites (tertiary alicyclic amines) is 1. The van der Waals surface area contributed by atoms with Crippen LogP contribution < -0.4 is 5.73 Å². The van der Waals surface area contributed by atoms with Crippen LogP contribution in [0.1, 0.15) is 31.2 Å². The predicted molar refractivity (Wildman–Crippen MR) is 73.0 cm³/mol. The molecule has 106 valence electrons. The van der Waals surface area contributed by atoms with Crippen LogP contribution in [0.3, 0.4) is 0 Å². The largest absolute Gasteiger partial charge is 0.330 e. The molecule has 1 fully saturated rings. The second-order valence-electron chi connectivity index (χ2n) is 5.61. The Bertz CT molecular complexity index is 423. The Labute approximate surface area is 113 Å². The van der Waals surface area contributed by atoms with Gasteiger partial charge in [0.05, 0.1) is 0 Å². The summed E-state index contributed by atoms with van der Waals surface area (Å²) in [5.41, 5.74) is 6.31. The van der Waals surface area contributed by atoms with E-state index < -0.39 is 11.6 Å². The summed E-state index contributed by atoms with van der Waals surface area (Å²) in [6, 6.07) is 3.77. The molecular formula is C15H22F2N2. The Balaban J connectivity index is 2.07. The molecule has 1 aliphatic rings. The number of piperidine rings is 1. The second-order valence-corrected chi connectivity index (χ2v) is 5.61. The monoisotopic (exact) mass is 268 g/mol. The number of nitrogens with two attached hydrogens (primary N) is 1. The van der Waals surface area contributed by atoms with E-state index in [9.17, 15) is 8.78 Å². The lowest BCUT2D eigenvalue weighted by atomic mass is 9.95. The summed E-state index contributed by atoms with van der Waals surface area (Å²) in [6.45, 7) is 5.46. The molecular weight excluding hydrogens is 246 g/mol. The van der Waals surface area contributed by atoms with Gasteiger partial charge >= 0.3 is 0 Å². The third-order valence-corrected chi connectivity index (χ3v) is 3.91. The average Bonchev–Trinajstić information content (AvgIpc) is 2.37. The highest BCUT2D eigenvalue weighted by Crippen LogP contribution is 2.23. The maximum atomic E-state index is 13.8. The van der Waals surface area contributed by atoms with Gasteiger partial charge in [0.1, 0.15) is 11.6 Å². The van der Waals surface area contributed by atoms with E-state index in [2.05, 4.69) is 11.8 Å². The fraction of sp³-hybridized carbons (Fsp3) is 0.600. The molecule has 1 aromatic carbocycles. The van der Waals surface area contributed by atoms with Crippen LogP contribution in [0.2, 0.25) is 0 Å². The van der Waals surface area contributed by atoms with E-state index in [1.54, 1.807) is 0 Å². The summed E-state index contributed by atoms with van der Waals surface area (Å²) in [7, 11) is 0. The zero-order chi connectivity index (χ0) is 13.8. The van der Waals surface area contributed by atoms with Crippen molar-refractivity contribution < 1.29 is 8.78 Å². The van der Waals surface area contributed by atoms with Gasteiger partial charge in [-0.2, -0.15) is 0 Å². The van der Waals surface area contributed by atoms with Gasteiger partial charge in [-0.3, -0.25) is 0 Å². The normalized spacial score (nSPS) is 22.4. The summed E-state index contributed by atoms with van der Waals surface area (Å²) in [6.07, 6.45) is 2.44. The molecule has 1 heterocycles. The first-order valence-corrected chi connectivity index (χ1v) is 6.97. The lowest BCUT2D eigenvalue weighted by molar-refractivity contribution is 0.174.